The van der Waals surface area contributed by atoms with Gasteiger partial charge in [-0.15, -0.1) is 0 Å². The lowest BCUT2D eigenvalue weighted by atomic mass is 9.96. The Hall–Kier alpha value is -3.34. The van der Waals surface area contributed by atoms with E-state index in [2.05, 4.69) is 15.2 Å². The molecule has 2 aromatic carbocycles. The molecule has 29 heavy (non-hydrogen) atoms. The summed E-state index contributed by atoms with van der Waals surface area (Å²) in [5.74, 6) is 0.847. The number of aromatic nitrogens is 1. The second-order valence-electron chi connectivity index (χ2n) is 7.25. The van der Waals surface area contributed by atoms with Crippen molar-refractivity contribution in [2.75, 3.05) is 30.4 Å². The second-order valence-corrected chi connectivity index (χ2v) is 7.25. The zero-order valence-electron chi connectivity index (χ0n) is 16.5. The van der Waals surface area contributed by atoms with Gasteiger partial charge in [-0.25, -0.2) is 0 Å². The largest absolute Gasteiger partial charge is 0.497 e. The quantitative estimate of drug-likeness (QED) is 0.694. The summed E-state index contributed by atoms with van der Waals surface area (Å²) in [7, 11) is 1.66. The normalized spacial score (nSPS) is 16.3. The average Bonchev–Trinajstić information content (AvgIpc) is 2.80. The number of piperidine rings is 1. The van der Waals surface area contributed by atoms with Crippen LogP contribution in [-0.4, -0.2) is 31.1 Å². The van der Waals surface area contributed by atoms with Crippen molar-refractivity contribution in [1.29, 1.82) is 0 Å². The molecule has 0 radical (unpaired) electrons. The Morgan fingerprint density at radius 2 is 1.83 bits per heavy atom. The first-order chi connectivity index (χ1) is 14.2. The van der Waals surface area contributed by atoms with Gasteiger partial charge < -0.3 is 15.0 Å². The number of carbonyl (C=O) groups excluding carboxylic acids is 1. The standard InChI is InChI=1S/C24H25N3O2/c1-29-21-10-8-18(9-11-21)22-6-2-3-7-23(22)26-24(28)19-5-4-16-27(17-19)20-12-14-25-15-13-20/h2-3,6-15,19H,4-5,16-17H2,1H3,(H,26,28)/t19-/m1/s1. The van der Waals surface area contributed by atoms with Crippen molar-refractivity contribution in [1.82, 2.24) is 4.98 Å². The van der Waals surface area contributed by atoms with Crippen molar-refractivity contribution in [3.8, 4) is 16.9 Å². The van der Waals surface area contributed by atoms with Gasteiger partial charge >= 0.3 is 0 Å². The van der Waals surface area contributed by atoms with E-state index in [1.165, 1.54) is 0 Å². The number of anilines is 2. The van der Waals surface area contributed by atoms with E-state index in [-0.39, 0.29) is 11.8 Å². The molecule has 2 heterocycles. The van der Waals surface area contributed by atoms with Crippen molar-refractivity contribution in [3.63, 3.8) is 0 Å². The van der Waals surface area contributed by atoms with E-state index in [4.69, 9.17) is 4.74 Å². The summed E-state index contributed by atoms with van der Waals surface area (Å²) in [6.07, 6.45) is 5.49. The maximum absolute atomic E-state index is 13.1. The first kappa shape index (κ1) is 19.0. The predicted octanol–water partition coefficient (Wildman–Crippen LogP) is 4.61. The smallest absolute Gasteiger partial charge is 0.229 e. The lowest BCUT2D eigenvalue weighted by molar-refractivity contribution is -0.120. The third-order valence-electron chi connectivity index (χ3n) is 5.41. The minimum absolute atomic E-state index is 0.0409. The molecule has 1 fully saturated rings. The summed E-state index contributed by atoms with van der Waals surface area (Å²) < 4.78 is 5.25. The summed E-state index contributed by atoms with van der Waals surface area (Å²) >= 11 is 0. The van der Waals surface area contributed by atoms with Crippen LogP contribution in [0.2, 0.25) is 0 Å². The van der Waals surface area contributed by atoms with Gasteiger partial charge in [0.1, 0.15) is 5.75 Å². The highest BCUT2D eigenvalue weighted by Crippen LogP contribution is 2.30. The molecule has 5 heteroatoms. The van der Waals surface area contributed by atoms with Gasteiger partial charge in [0.15, 0.2) is 0 Å². The molecular weight excluding hydrogens is 362 g/mol. The number of hydrogen-bond donors (Lipinski definition) is 1. The number of nitrogens with one attached hydrogen (secondary N) is 1. The average molecular weight is 387 g/mol. The Bertz CT molecular complexity index is 957. The van der Waals surface area contributed by atoms with Gasteiger partial charge in [-0.3, -0.25) is 9.78 Å². The Morgan fingerprint density at radius 1 is 1.07 bits per heavy atom. The van der Waals surface area contributed by atoms with Crippen LogP contribution in [0.25, 0.3) is 11.1 Å². The van der Waals surface area contributed by atoms with Crippen LogP contribution < -0.4 is 15.0 Å². The fourth-order valence-corrected chi connectivity index (χ4v) is 3.83. The first-order valence-electron chi connectivity index (χ1n) is 9.94. The molecule has 1 atom stereocenters. The van der Waals surface area contributed by atoms with E-state index in [1.54, 1.807) is 19.5 Å². The minimum Gasteiger partial charge on any atom is -0.497 e. The molecular formula is C24H25N3O2. The summed E-state index contributed by atoms with van der Waals surface area (Å²) in [6.45, 7) is 1.69. The number of pyridine rings is 1. The Kier molecular flexibility index (Phi) is 5.75. The number of hydrogen-bond acceptors (Lipinski definition) is 4. The predicted molar refractivity (Wildman–Crippen MR) is 116 cm³/mol. The molecule has 0 aliphatic carbocycles. The van der Waals surface area contributed by atoms with Crippen molar-refractivity contribution in [2.24, 2.45) is 5.92 Å². The highest BCUT2D eigenvalue weighted by Gasteiger charge is 2.26. The molecule has 5 nitrogen and oxygen atoms in total. The monoisotopic (exact) mass is 387 g/mol. The maximum atomic E-state index is 13.1. The van der Waals surface area contributed by atoms with Crippen LogP contribution in [0.3, 0.4) is 0 Å². The molecule has 3 aromatic rings. The Balaban J connectivity index is 1.49. The topological polar surface area (TPSA) is 54.5 Å². The van der Waals surface area contributed by atoms with Gasteiger partial charge in [-0.2, -0.15) is 0 Å². The highest BCUT2D eigenvalue weighted by atomic mass is 16.5. The van der Waals surface area contributed by atoms with Gasteiger partial charge in [0.2, 0.25) is 5.91 Å². The molecule has 1 aromatic heterocycles. The Labute approximate surface area is 171 Å². The summed E-state index contributed by atoms with van der Waals surface area (Å²) in [6, 6.07) is 19.8. The number of rotatable bonds is 5. The Morgan fingerprint density at radius 3 is 2.59 bits per heavy atom. The SMILES string of the molecule is COc1ccc(-c2ccccc2NC(=O)[C@@H]2CCCN(c3ccncc3)C2)cc1. The van der Waals surface area contributed by atoms with E-state index < -0.39 is 0 Å². The molecule has 1 saturated heterocycles. The number of benzene rings is 2. The zero-order chi connectivity index (χ0) is 20.1. The van der Waals surface area contributed by atoms with Crippen molar-refractivity contribution < 1.29 is 9.53 Å². The molecule has 148 valence electrons. The van der Waals surface area contributed by atoms with Gasteiger partial charge in [-0.1, -0.05) is 30.3 Å². The summed E-state index contributed by atoms with van der Waals surface area (Å²) in [4.78, 5) is 19.4. The van der Waals surface area contributed by atoms with Crippen molar-refractivity contribution in [2.45, 2.75) is 12.8 Å². The van der Waals surface area contributed by atoms with Gasteiger partial charge in [0.05, 0.1) is 13.0 Å². The molecule has 1 amide bonds. The van der Waals surface area contributed by atoms with Crippen molar-refractivity contribution in [3.05, 3.63) is 73.1 Å². The molecule has 4 rings (SSSR count). The summed E-state index contributed by atoms with van der Waals surface area (Å²) in [5, 5.41) is 3.17. The molecule has 1 N–H and O–H groups in total. The third-order valence-corrected chi connectivity index (χ3v) is 5.41. The van der Waals surface area contributed by atoms with E-state index >= 15 is 0 Å². The molecule has 0 spiro atoms. The lowest BCUT2D eigenvalue weighted by Gasteiger charge is -2.33. The molecule has 1 aliphatic heterocycles. The molecule has 0 bridgehead atoms. The highest BCUT2D eigenvalue weighted by molar-refractivity contribution is 5.97. The minimum atomic E-state index is -0.0409. The van der Waals surface area contributed by atoms with E-state index in [9.17, 15) is 4.79 Å². The number of ether oxygens (including phenoxy) is 1. The fraction of sp³-hybridized carbons (Fsp3) is 0.250. The van der Waals surface area contributed by atoms with E-state index in [0.29, 0.717) is 0 Å². The molecule has 0 unspecified atom stereocenters. The number of para-hydroxylation sites is 1. The van der Waals surface area contributed by atoms with Crippen LogP contribution in [0.1, 0.15) is 12.8 Å². The number of nitrogens with zero attached hydrogens (tertiary/aromatic N) is 2. The third kappa shape index (κ3) is 4.40. The van der Waals surface area contributed by atoms with Crippen LogP contribution in [0.4, 0.5) is 11.4 Å². The first-order valence-corrected chi connectivity index (χ1v) is 9.94. The lowest BCUT2D eigenvalue weighted by Crippen LogP contribution is -2.40. The van der Waals surface area contributed by atoms with Gasteiger partial charge in [0, 0.05) is 42.4 Å². The van der Waals surface area contributed by atoms with Gasteiger partial charge in [0.25, 0.3) is 0 Å². The van der Waals surface area contributed by atoms with E-state index in [0.717, 1.165) is 54.2 Å². The van der Waals surface area contributed by atoms with Crippen LogP contribution in [0.15, 0.2) is 73.1 Å². The fourth-order valence-electron chi connectivity index (χ4n) is 3.83. The molecule has 1 aliphatic rings. The number of amides is 1. The van der Waals surface area contributed by atoms with Crippen LogP contribution >= 0.6 is 0 Å². The summed E-state index contributed by atoms with van der Waals surface area (Å²) in [5.41, 5.74) is 4.01. The number of carbonyl (C=O) groups is 1. The maximum Gasteiger partial charge on any atom is 0.229 e. The number of methoxy groups -OCH3 is 1. The van der Waals surface area contributed by atoms with Gasteiger partial charge in [-0.05, 0) is 48.7 Å². The van der Waals surface area contributed by atoms with Crippen molar-refractivity contribution >= 4 is 17.3 Å². The van der Waals surface area contributed by atoms with Crippen LogP contribution in [-0.2, 0) is 4.79 Å². The van der Waals surface area contributed by atoms with Crippen LogP contribution in [0.5, 0.6) is 5.75 Å². The van der Waals surface area contributed by atoms with E-state index in [1.807, 2.05) is 60.7 Å². The molecule has 0 saturated carbocycles. The second kappa shape index (κ2) is 8.78. The van der Waals surface area contributed by atoms with Crippen LogP contribution in [0, 0.1) is 5.92 Å². The zero-order valence-corrected chi connectivity index (χ0v) is 16.5.